The zero-order chi connectivity index (χ0) is 7.52. The summed E-state index contributed by atoms with van der Waals surface area (Å²) in [6, 6.07) is 0.704. The summed E-state index contributed by atoms with van der Waals surface area (Å²) in [7, 11) is 0. The van der Waals surface area contributed by atoms with Gasteiger partial charge in [0.15, 0.2) is 0 Å². The number of ether oxygens (including phenoxy) is 1. The molecule has 0 aromatic heterocycles. The average Bonchev–Trinajstić information content (AvgIpc) is 2.58. The van der Waals surface area contributed by atoms with Crippen LogP contribution in [0.5, 0.6) is 0 Å². The van der Waals surface area contributed by atoms with Crippen molar-refractivity contribution in [3.63, 3.8) is 0 Å². The van der Waals surface area contributed by atoms with Gasteiger partial charge in [-0.05, 0) is 32.4 Å². The lowest BCUT2D eigenvalue weighted by Gasteiger charge is -2.30. The van der Waals surface area contributed by atoms with Crippen molar-refractivity contribution in [2.75, 3.05) is 19.7 Å². The highest BCUT2D eigenvalue weighted by molar-refractivity contribution is 4.81. The Hall–Kier alpha value is -0.0800. The predicted octanol–water partition coefficient (Wildman–Crippen LogP) is 1.42. The minimum absolute atomic E-state index is 0.704. The number of likely N-dealkylation sites (tertiary alicyclic amines) is 1. The van der Waals surface area contributed by atoms with E-state index in [1.807, 2.05) is 6.61 Å². The summed E-state index contributed by atoms with van der Waals surface area (Å²) < 4.78 is 5.24. The quantitative estimate of drug-likeness (QED) is 0.566. The highest BCUT2D eigenvalue weighted by Gasteiger charge is 2.24. The molecule has 2 heterocycles. The van der Waals surface area contributed by atoms with Crippen LogP contribution in [0.15, 0.2) is 0 Å². The SMILES string of the molecule is [CH]1CC(N2CCCCC2)CO1. The van der Waals surface area contributed by atoms with Crippen molar-refractivity contribution in [1.29, 1.82) is 0 Å². The molecule has 2 aliphatic heterocycles. The van der Waals surface area contributed by atoms with Crippen LogP contribution >= 0.6 is 0 Å². The first-order valence-electron chi connectivity index (χ1n) is 4.64. The molecule has 11 heavy (non-hydrogen) atoms. The summed E-state index contributed by atoms with van der Waals surface area (Å²) in [5.74, 6) is 0. The van der Waals surface area contributed by atoms with E-state index >= 15 is 0 Å². The molecule has 2 aliphatic rings. The van der Waals surface area contributed by atoms with Gasteiger partial charge in [0.1, 0.15) is 0 Å². The molecule has 2 fully saturated rings. The zero-order valence-corrected chi connectivity index (χ0v) is 6.96. The van der Waals surface area contributed by atoms with Gasteiger partial charge >= 0.3 is 0 Å². The standard InChI is InChI=1S/C9H16NO/c1-2-5-10(6-3-1)9-4-7-11-8-9/h7,9H,1-6,8H2. The fourth-order valence-electron chi connectivity index (χ4n) is 1.96. The Labute approximate surface area is 68.5 Å². The van der Waals surface area contributed by atoms with Crippen LogP contribution < -0.4 is 0 Å². The van der Waals surface area contributed by atoms with Gasteiger partial charge in [0.25, 0.3) is 0 Å². The van der Waals surface area contributed by atoms with Crippen LogP contribution in [0.1, 0.15) is 25.7 Å². The van der Waals surface area contributed by atoms with Crippen LogP contribution in [0.4, 0.5) is 0 Å². The Morgan fingerprint density at radius 1 is 1.18 bits per heavy atom. The summed E-state index contributed by atoms with van der Waals surface area (Å²) in [5.41, 5.74) is 0. The molecule has 0 aromatic carbocycles. The van der Waals surface area contributed by atoms with Gasteiger partial charge in [0, 0.05) is 6.04 Å². The summed E-state index contributed by atoms with van der Waals surface area (Å²) in [6.07, 6.45) is 5.33. The molecular formula is C9H16NO. The molecule has 0 N–H and O–H groups in total. The van der Waals surface area contributed by atoms with E-state index in [0.717, 1.165) is 13.0 Å². The van der Waals surface area contributed by atoms with Crippen molar-refractivity contribution in [3.8, 4) is 0 Å². The van der Waals surface area contributed by atoms with Gasteiger partial charge in [0.2, 0.25) is 0 Å². The smallest absolute Gasteiger partial charge is 0.0853 e. The van der Waals surface area contributed by atoms with E-state index in [4.69, 9.17) is 4.74 Å². The first-order chi connectivity index (χ1) is 5.47. The topological polar surface area (TPSA) is 12.5 Å². The number of rotatable bonds is 1. The largest absolute Gasteiger partial charge is 0.374 e. The van der Waals surface area contributed by atoms with Crippen LogP contribution in [-0.4, -0.2) is 30.6 Å². The summed E-state index contributed by atoms with van der Waals surface area (Å²) >= 11 is 0. The van der Waals surface area contributed by atoms with Gasteiger partial charge in [-0.25, -0.2) is 0 Å². The first-order valence-corrected chi connectivity index (χ1v) is 4.64. The van der Waals surface area contributed by atoms with Crippen LogP contribution in [-0.2, 0) is 4.74 Å². The highest BCUT2D eigenvalue weighted by atomic mass is 16.5. The minimum atomic E-state index is 0.704. The Morgan fingerprint density at radius 3 is 2.64 bits per heavy atom. The molecular weight excluding hydrogens is 138 g/mol. The second-order valence-corrected chi connectivity index (χ2v) is 3.49. The van der Waals surface area contributed by atoms with Gasteiger partial charge in [-0.1, -0.05) is 6.42 Å². The van der Waals surface area contributed by atoms with Crippen LogP contribution in [0, 0.1) is 6.61 Å². The Balaban J connectivity index is 1.82. The third-order valence-corrected chi connectivity index (χ3v) is 2.68. The van der Waals surface area contributed by atoms with Crippen molar-refractivity contribution >= 4 is 0 Å². The van der Waals surface area contributed by atoms with Crippen molar-refractivity contribution in [1.82, 2.24) is 4.90 Å². The van der Waals surface area contributed by atoms with E-state index in [1.165, 1.54) is 32.4 Å². The molecule has 0 spiro atoms. The maximum Gasteiger partial charge on any atom is 0.0853 e. The lowest BCUT2D eigenvalue weighted by Crippen LogP contribution is -2.39. The molecule has 0 bridgehead atoms. The second-order valence-electron chi connectivity index (χ2n) is 3.49. The minimum Gasteiger partial charge on any atom is -0.374 e. The molecule has 2 nitrogen and oxygen atoms in total. The third-order valence-electron chi connectivity index (χ3n) is 2.68. The van der Waals surface area contributed by atoms with Crippen LogP contribution in [0.2, 0.25) is 0 Å². The zero-order valence-electron chi connectivity index (χ0n) is 6.96. The van der Waals surface area contributed by atoms with Crippen molar-refractivity contribution in [2.24, 2.45) is 0 Å². The molecule has 0 saturated carbocycles. The number of hydrogen-bond acceptors (Lipinski definition) is 2. The molecule has 2 heteroatoms. The van der Waals surface area contributed by atoms with Crippen molar-refractivity contribution in [2.45, 2.75) is 31.7 Å². The van der Waals surface area contributed by atoms with Gasteiger partial charge < -0.3 is 4.74 Å². The second kappa shape index (κ2) is 3.55. The van der Waals surface area contributed by atoms with E-state index in [1.54, 1.807) is 0 Å². The molecule has 0 aliphatic carbocycles. The molecule has 1 radical (unpaired) electrons. The van der Waals surface area contributed by atoms with Gasteiger partial charge in [0.05, 0.1) is 13.2 Å². The average molecular weight is 154 g/mol. The normalized spacial score (nSPS) is 34.4. The first kappa shape index (κ1) is 7.56. The number of hydrogen-bond donors (Lipinski definition) is 0. The van der Waals surface area contributed by atoms with Crippen LogP contribution in [0.3, 0.4) is 0 Å². The van der Waals surface area contributed by atoms with E-state index in [-0.39, 0.29) is 0 Å². The lowest BCUT2D eigenvalue weighted by molar-refractivity contribution is 0.137. The molecule has 63 valence electrons. The van der Waals surface area contributed by atoms with Gasteiger partial charge in [-0.15, -0.1) is 0 Å². The Morgan fingerprint density at radius 2 is 2.00 bits per heavy atom. The van der Waals surface area contributed by atoms with Gasteiger partial charge in [-0.2, -0.15) is 0 Å². The number of nitrogens with zero attached hydrogens (tertiary/aromatic N) is 1. The Bertz CT molecular complexity index is 115. The van der Waals surface area contributed by atoms with Crippen molar-refractivity contribution < 1.29 is 4.74 Å². The summed E-state index contributed by atoms with van der Waals surface area (Å²) in [5, 5.41) is 0. The van der Waals surface area contributed by atoms with Crippen molar-refractivity contribution in [3.05, 3.63) is 6.61 Å². The number of piperidine rings is 1. The van der Waals surface area contributed by atoms with Crippen LogP contribution in [0.25, 0.3) is 0 Å². The maximum atomic E-state index is 5.24. The fourth-order valence-corrected chi connectivity index (χ4v) is 1.96. The van der Waals surface area contributed by atoms with E-state index in [2.05, 4.69) is 4.90 Å². The Kier molecular flexibility index (Phi) is 2.44. The van der Waals surface area contributed by atoms with E-state index < -0.39 is 0 Å². The molecule has 2 saturated heterocycles. The summed E-state index contributed by atoms with van der Waals surface area (Å²) in [6.45, 7) is 5.48. The monoisotopic (exact) mass is 154 g/mol. The molecule has 1 atom stereocenters. The fraction of sp³-hybridized carbons (Fsp3) is 0.889. The molecule has 2 rings (SSSR count). The predicted molar refractivity (Wildman–Crippen MR) is 44.1 cm³/mol. The summed E-state index contributed by atoms with van der Waals surface area (Å²) in [4.78, 5) is 2.58. The van der Waals surface area contributed by atoms with E-state index in [0.29, 0.717) is 6.04 Å². The lowest BCUT2D eigenvalue weighted by atomic mass is 10.1. The molecule has 1 unspecified atom stereocenters. The highest BCUT2D eigenvalue weighted by Crippen LogP contribution is 2.19. The van der Waals surface area contributed by atoms with E-state index in [9.17, 15) is 0 Å². The molecule has 0 amide bonds. The van der Waals surface area contributed by atoms with Gasteiger partial charge in [-0.3, -0.25) is 4.90 Å². The molecule has 0 aromatic rings. The maximum absolute atomic E-state index is 5.24. The third kappa shape index (κ3) is 1.74.